The highest BCUT2D eigenvalue weighted by Gasteiger charge is 2.52. The molecule has 0 saturated carbocycles. The zero-order chi connectivity index (χ0) is 25.1. The van der Waals surface area contributed by atoms with Gasteiger partial charge < -0.3 is 14.2 Å². The lowest BCUT2D eigenvalue weighted by Crippen LogP contribution is -2.69. The van der Waals surface area contributed by atoms with Crippen LogP contribution in [0.5, 0.6) is 17.2 Å². The molecule has 11 heteroatoms. The van der Waals surface area contributed by atoms with Gasteiger partial charge in [-0.2, -0.15) is 5.10 Å². The predicted molar refractivity (Wildman–Crippen MR) is 127 cm³/mol. The third-order valence-corrected chi connectivity index (χ3v) is 5.56. The second-order valence-corrected chi connectivity index (χ2v) is 7.96. The number of aromatic nitrogens is 3. The minimum atomic E-state index is -1.94. The monoisotopic (exact) mass is 487 g/mol. The molecule has 0 spiro atoms. The molecule has 36 heavy (non-hydrogen) atoms. The van der Waals surface area contributed by atoms with Gasteiger partial charge in [-0.15, -0.1) is 0 Å². The average Bonchev–Trinajstić information content (AvgIpc) is 3.31. The number of amides is 4. The van der Waals surface area contributed by atoms with Crippen molar-refractivity contribution in [2.24, 2.45) is 0 Å². The molecule has 1 aliphatic rings. The molecule has 2 N–H and O–H groups in total. The Morgan fingerprint density at radius 2 is 1.64 bits per heavy atom. The molecule has 0 bridgehead atoms. The van der Waals surface area contributed by atoms with Crippen molar-refractivity contribution >= 4 is 28.7 Å². The van der Waals surface area contributed by atoms with Crippen LogP contribution >= 0.6 is 0 Å². The molecule has 4 aromatic rings. The molecule has 11 nitrogen and oxygen atoms in total. The van der Waals surface area contributed by atoms with Gasteiger partial charge in [0.15, 0.2) is 5.82 Å². The van der Waals surface area contributed by atoms with E-state index in [1.807, 2.05) is 36.5 Å². The van der Waals surface area contributed by atoms with Crippen LogP contribution < -0.4 is 20.1 Å². The molecule has 4 amide bonds. The molecule has 1 fully saturated rings. The maximum atomic E-state index is 12.5. The number of methoxy groups -OCH3 is 1. The van der Waals surface area contributed by atoms with Gasteiger partial charge in [0.05, 0.1) is 12.1 Å². The molecule has 2 aromatic carbocycles. The van der Waals surface area contributed by atoms with E-state index in [9.17, 15) is 14.4 Å². The van der Waals surface area contributed by atoms with E-state index < -0.39 is 23.4 Å². The van der Waals surface area contributed by atoms with Crippen molar-refractivity contribution in [3.05, 3.63) is 73.1 Å². The number of carbonyl (C=O) groups is 3. The van der Waals surface area contributed by atoms with Gasteiger partial charge >= 0.3 is 6.03 Å². The van der Waals surface area contributed by atoms with Crippen LogP contribution in [0.4, 0.5) is 4.79 Å². The van der Waals surface area contributed by atoms with Crippen molar-refractivity contribution in [2.45, 2.75) is 12.0 Å². The zero-order valence-electron chi connectivity index (χ0n) is 19.1. The van der Waals surface area contributed by atoms with Crippen molar-refractivity contribution < 1.29 is 28.6 Å². The molecule has 3 heterocycles. The topological polar surface area (TPSA) is 134 Å². The Balaban J connectivity index is 1.33. The van der Waals surface area contributed by atoms with Crippen LogP contribution in [0, 0.1) is 0 Å². The number of barbiturate groups is 1. The first-order chi connectivity index (χ1) is 17.5. The third-order valence-electron chi connectivity index (χ3n) is 5.56. The van der Waals surface area contributed by atoms with E-state index in [0.29, 0.717) is 17.3 Å². The van der Waals surface area contributed by atoms with Crippen LogP contribution in [0.2, 0.25) is 0 Å². The van der Waals surface area contributed by atoms with Gasteiger partial charge in [-0.1, -0.05) is 6.07 Å². The maximum absolute atomic E-state index is 12.5. The summed E-state index contributed by atoms with van der Waals surface area (Å²) >= 11 is 0. The Bertz CT molecular complexity index is 1410. The lowest BCUT2D eigenvalue weighted by molar-refractivity contribution is -0.153. The SMILES string of the molecule is COCCC1(Oc2ccc(Oc3ccc4nn(-c5ccccn5)cc4c3)cc2)C(=O)NC(=O)NC1=O. The molecule has 182 valence electrons. The summed E-state index contributed by atoms with van der Waals surface area (Å²) in [7, 11) is 1.44. The molecular formula is C25H21N5O6. The van der Waals surface area contributed by atoms with Crippen LogP contribution in [0.25, 0.3) is 16.7 Å². The second kappa shape index (κ2) is 9.47. The summed E-state index contributed by atoms with van der Waals surface area (Å²) in [6.07, 6.45) is 3.49. The van der Waals surface area contributed by atoms with Gasteiger partial charge in [-0.3, -0.25) is 20.2 Å². The van der Waals surface area contributed by atoms with Gasteiger partial charge in [-0.25, -0.2) is 14.5 Å². The van der Waals surface area contributed by atoms with Crippen LogP contribution in [-0.2, 0) is 14.3 Å². The summed E-state index contributed by atoms with van der Waals surface area (Å²) < 4.78 is 18.5. The van der Waals surface area contributed by atoms with Gasteiger partial charge in [0, 0.05) is 31.3 Å². The second-order valence-electron chi connectivity index (χ2n) is 7.96. The lowest BCUT2D eigenvalue weighted by Gasteiger charge is -2.34. The number of pyridine rings is 1. The number of urea groups is 1. The highest BCUT2D eigenvalue weighted by atomic mass is 16.5. The molecule has 5 rings (SSSR count). The minimum absolute atomic E-state index is 0.0651. The molecule has 0 aliphatic carbocycles. The highest BCUT2D eigenvalue weighted by Crippen LogP contribution is 2.30. The number of rotatable bonds is 8. The van der Waals surface area contributed by atoms with Gasteiger partial charge in [-0.05, 0) is 54.6 Å². The number of ether oxygens (including phenoxy) is 3. The van der Waals surface area contributed by atoms with Crippen molar-refractivity contribution in [3.63, 3.8) is 0 Å². The van der Waals surface area contributed by atoms with Crippen LogP contribution in [0.15, 0.2) is 73.1 Å². The van der Waals surface area contributed by atoms with Crippen molar-refractivity contribution in [2.75, 3.05) is 13.7 Å². The highest BCUT2D eigenvalue weighted by molar-refractivity contribution is 6.21. The summed E-state index contributed by atoms with van der Waals surface area (Å²) in [5, 5.41) is 9.56. The minimum Gasteiger partial charge on any atom is -0.467 e. The Kier molecular flexibility index (Phi) is 6.05. The molecule has 0 radical (unpaired) electrons. The number of hydrogen-bond acceptors (Lipinski definition) is 8. The van der Waals surface area contributed by atoms with Crippen molar-refractivity contribution in [1.82, 2.24) is 25.4 Å². The lowest BCUT2D eigenvalue weighted by atomic mass is 9.95. The molecule has 1 saturated heterocycles. The van der Waals surface area contributed by atoms with E-state index in [1.165, 1.54) is 7.11 Å². The molecule has 0 atom stereocenters. The van der Waals surface area contributed by atoms with E-state index in [4.69, 9.17) is 14.2 Å². The first kappa shape index (κ1) is 23.0. The van der Waals surface area contributed by atoms with Gasteiger partial charge in [0.1, 0.15) is 17.2 Å². The summed E-state index contributed by atoms with van der Waals surface area (Å²) in [4.78, 5) is 40.9. The number of benzene rings is 2. The summed E-state index contributed by atoms with van der Waals surface area (Å²) in [5.74, 6) is 0.349. The smallest absolute Gasteiger partial charge is 0.328 e. The van der Waals surface area contributed by atoms with E-state index >= 15 is 0 Å². The fourth-order valence-electron chi connectivity index (χ4n) is 3.75. The van der Waals surface area contributed by atoms with Gasteiger partial charge in [0.25, 0.3) is 17.4 Å². The summed E-state index contributed by atoms with van der Waals surface area (Å²) in [6, 6.07) is 16.6. The zero-order valence-corrected chi connectivity index (χ0v) is 19.1. The summed E-state index contributed by atoms with van der Waals surface area (Å²) in [6.45, 7) is 0.0651. The van der Waals surface area contributed by atoms with Crippen LogP contribution in [-0.4, -0.2) is 51.9 Å². The van der Waals surface area contributed by atoms with E-state index in [-0.39, 0.29) is 18.8 Å². The number of hydrogen-bond donors (Lipinski definition) is 2. The Morgan fingerprint density at radius 3 is 2.33 bits per heavy atom. The molecule has 2 aromatic heterocycles. The van der Waals surface area contributed by atoms with E-state index in [0.717, 1.165) is 10.9 Å². The molecule has 1 aliphatic heterocycles. The largest absolute Gasteiger partial charge is 0.467 e. The van der Waals surface area contributed by atoms with Crippen molar-refractivity contribution in [3.8, 4) is 23.1 Å². The Morgan fingerprint density at radius 1 is 0.917 bits per heavy atom. The van der Waals surface area contributed by atoms with E-state index in [2.05, 4.69) is 20.7 Å². The Hall–Kier alpha value is -4.77. The molecule has 0 unspecified atom stereocenters. The number of nitrogens with one attached hydrogen (secondary N) is 2. The van der Waals surface area contributed by atoms with Crippen molar-refractivity contribution in [1.29, 1.82) is 0 Å². The number of carbonyl (C=O) groups excluding carboxylic acids is 3. The van der Waals surface area contributed by atoms with E-state index in [1.54, 1.807) is 41.2 Å². The van der Waals surface area contributed by atoms with Crippen LogP contribution in [0.3, 0.4) is 0 Å². The van der Waals surface area contributed by atoms with Crippen LogP contribution in [0.1, 0.15) is 6.42 Å². The normalized spacial score (nSPS) is 14.9. The maximum Gasteiger partial charge on any atom is 0.328 e. The number of fused-ring (bicyclic) bond motifs is 1. The third kappa shape index (κ3) is 4.46. The number of imide groups is 2. The first-order valence-corrected chi connectivity index (χ1v) is 11.0. The first-order valence-electron chi connectivity index (χ1n) is 11.0. The Labute approximate surface area is 205 Å². The quantitative estimate of drug-likeness (QED) is 0.363. The fourth-order valence-corrected chi connectivity index (χ4v) is 3.75. The summed E-state index contributed by atoms with van der Waals surface area (Å²) in [5.41, 5.74) is -1.15. The average molecular weight is 487 g/mol. The van der Waals surface area contributed by atoms with Gasteiger partial charge in [0.2, 0.25) is 0 Å². The standard InChI is InChI=1S/C25H21N5O6/c1-34-13-11-25(22(31)27-24(33)28-23(25)32)36-18-7-5-17(6-8-18)35-19-9-10-20-16(14-19)15-30(29-20)21-4-2-3-12-26-21/h2-10,12,14-15H,11,13H2,1H3,(H2,27,28,31,32,33). The predicted octanol–water partition coefficient (Wildman–Crippen LogP) is 2.73. The molecular weight excluding hydrogens is 466 g/mol. The fraction of sp³-hybridized carbons (Fsp3) is 0.160. The number of nitrogens with zero attached hydrogens (tertiary/aromatic N) is 3.